The van der Waals surface area contributed by atoms with Crippen molar-refractivity contribution < 1.29 is 23.5 Å². The van der Waals surface area contributed by atoms with Crippen molar-refractivity contribution >= 4 is 40.9 Å². The van der Waals surface area contributed by atoms with E-state index in [2.05, 4.69) is 15.4 Å². The van der Waals surface area contributed by atoms with Gasteiger partial charge >= 0.3 is 5.97 Å². The first kappa shape index (κ1) is 22.9. The molecule has 32 heavy (non-hydrogen) atoms. The van der Waals surface area contributed by atoms with Crippen molar-refractivity contribution in [2.24, 2.45) is 0 Å². The van der Waals surface area contributed by atoms with Crippen molar-refractivity contribution in [3.05, 3.63) is 83.0 Å². The molecule has 0 bridgehead atoms. The summed E-state index contributed by atoms with van der Waals surface area (Å²) < 4.78 is 18.4. The van der Waals surface area contributed by atoms with Gasteiger partial charge in [-0.1, -0.05) is 30.3 Å². The molecule has 0 spiro atoms. The number of methoxy groups -OCH3 is 1. The molecule has 0 saturated heterocycles. The molecular weight excluding hydrogens is 431 g/mol. The van der Waals surface area contributed by atoms with E-state index in [-0.39, 0.29) is 30.6 Å². The molecule has 1 heterocycles. The van der Waals surface area contributed by atoms with Gasteiger partial charge in [-0.2, -0.15) is 0 Å². The fourth-order valence-electron chi connectivity index (χ4n) is 2.79. The van der Waals surface area contributed by atoms with Crippen LogP contribution in [0, 0.1) is 5.82 Å². The highest BCUT2D eigenvalue weighted by molar-refractivity contribution is 7.16. The predicted molar refractivity (Wildman–Crippen MR) is 123 cm³/mol. The summed E-state index contributed by atoms with van der Waals surface area (Å²) in [6.07, 6.45) is 3.18. The Morgan fingerprint density at radius 1 is 1.03 bits per heavy atom. The molecule has 0 atom stereocenters. The number of carbonyl (C=O) groups is 3. The average Bonchev–Trinajstić information content (AvgIpc) is 3.26. The van der Waals surface area contributed by atoms with Gasteiger partial charge in [0, 0.05) is 27.1 Å². The average molecular weight is 453 g/mol. The maximum atomic E-state index is 13.9. The molecule has 3 rings (SSSR count). The molecule has 2 amide bonds. The molecule has 0 aliphatic carbocycles. The molecule has 6 nitrogen and oxygen atoms in total. The van der Waals surface area contributed by atoms with Gasteiger partial charge in [0.1, 0.15) is 12.4 Å². The number of hydrogen-bond acceptors (Lipinski definition) is 5. The molecule has 0 unspecified atom stereocenters. The lowest BCUT2D eigenvalue weighted by Crippen LogP contribution is -2.31. The highest BCUT2D eigenvalue weighted by atomic mass is 32.1. The van der Waals surface area contributed by atoms with E-state index in [1.165, 1.54) is 30.6 Å². The molecule has 0 fully saturated rings. The van der Waals surface area contributed by atoms with Crippen LogP contribution in [0.3, 0.4) is 0 Å². The van der Waals surface area contributed by atoms with Crippen molar-refractivity contribution in [3.8, 4) is 10.4 Å². The van der Waals surface area contributed by atoms with Crippen molar-refractivity contribution in [1.82, 2.24) is 5.32 Å². The number of halogens is 1. The van der Waals surface area contributed by atoms with Crippen LogP contribution in [0.5, 0.6) is 0 Å². The summed E-state index contributed by atoms with van der Waals surface area (Å²) in [7, 11) is 1.25. The summed E-state index contributed by atoms with van der Waals surface area (Å²) in [6, 6.07) is 17.0. The second-order valence-corrected chi connectivity index (χ2v) is 7.85. The molecule has 0 radical (unpaired) electrons. The third kappa shape index (κ3) is 6.61. The SMILES string of the molecule is COC(=O)CNC(=O)Cc1ccc(NC(=O)/C=C/c2ccc(-c3ccccc3F)s2)cc1. The van der Waals surface area contributed by atoms with Crippen LogP contribution in [0.15, 0.2) is 66.7 Å². The monoisotopic (exact) mass is 452 g/mol. The Hall–Kier alpha value is -3.78. The van der Waals surface area contributed by atoms with E-state index < -0.39 is 5.97 Å². The van der Waals surface area contributed by atoms with Gasteiger partial charge in [-0.15, -0.1) is 11.3 Å². The van der Waals surface area contributed by atoms with Crippen molar-refractivity contribution in [2.75, 3.05) is 19.0 Å². The maximum Gasteiger partial charge on any atom is 0.325 e. The van der Waals surface area contributed by atoms with E-state index in [0.29, 0.717) is 11.3 Å². The molecule has 2 aromatic carbocycles. The lowest BCUT2D eigenvalue weighted by Gasteiger charge is -2.06. The topological polar surface area (TPSA) is 84.5 Å². The minimum atomic E-state index is -0.518. The van der Waals surface area contributed by atoms with E-state index in [0.717, 1.165) is 15.3 Å². The summed E-state index contributed by atoms with van der Waals surface area (Å²) in [5, 5.41) is 5.21. The maximum absolute atomic E-state index is 13.9. The highest BCUT2D eigenvalue weighted by Crippen LogP contribution is 2.30. The highest BCUT2D eigenvalue weighted by Gasteiger charge is 2.08. The number of ether oxygens (including phenoxy) is 1. The first-order valence-electron chi connectivity index (χ1n) is 9.71. The van der Waals surface area contributed by atoms with E-state index >= 15 is 0 Å². The first-order valence-corrected chi connectivity index (χ1v) is 10.5. The first-order chi connectivity index (χ1) is 15.4. The predicted octanol–water partition coefficient (Wildman–Crippen LogP) is 4.04. The molecule has 0 aliphatic rings. The third-order valence-corrected chi connectivity index (χ3v) is 5.49. The Morgan fingerprint density at radius 2 is 1.78 bits per heavy atom. The summed E-state index contributed by atoms with van der Waals surface area (Å²) >= 11 is 1.39. The van der Waals surface area contributed by atoms with E-state index in [1.807, 2.05) is 12.1 Å². The quantitative estimate of drug-likeness (QED) is 0.399. The second kappa shape index (κ2) is 11.0. The van der Waals surface area contributed by atoms with Crippen LogP contribution in [0.4, 0.5) is 10.1 Å². The van der Waals surface area contributed by atoms with Gasteiger partial charge in [0.05, 0.1) is 13.5 Å². The van der Waals surface area contributed by atoms with Gasteiger partial charge in [-0.3, -0.25) is 14.4 Å². The van der Waals surface area contributed by atoms with Crippen LogP contribution in [0.2, 0.25) is 0 Å². The Morgan fingerprint density at radius 3 is 2.50 bits per heavy atom. The van der Waals surface area contributed by atoms with E-state index in [4.69, 9.17) is 0 Å². The van der Waals surface area contributed by atoms with E-state index in [1.54, 1.807) is 48.5 Å². The number of carbonyl (C=O) groups excluding carboxylic acids is 3. The summed E-state index contributed by atoms with van der Waals surface area (Å²) in [6.45, 7) is -0.179. The van der Waals surface area contributed by atoms with Gasteiger partial charge in [0.25, 0.3) is 0 Å². The molecule has 164 valence electrons. The summed E-state index contributed by atoms with van der Waals surface area (Å²) in [4.78, 5) is 36.7. The Kier molecular flexibility index (Phi) is 7.88. The largest absolute Gasteiger partial charge is 0.468 e. The number of anilines is 1. The zero-order chi connectivity index (χ0) is 22.9. The molecule has 0 saturated carbocycles. The normalized spacial score (nSPS) is 10.7. The van der Waals surface area contributed by atoms with Crippen molar-refractivity contribution in [3.63, 3.8) is 0 Å². The Labute approximate surface area is 188 Å². The fraction of sp³-hybridized carbons (Fsp3) is 0.125. The standard InChI is InChI=1S/C24H21FN2O4S/c1-31-24(30)15-26-23(29)14-16-6-8-17(9-7-16)27-22(28)13-11-18-10-12-21(32-18)19-4-2-3-5-20(19)25/h2-13H,14-15H2,1H3,(H,26,29)(H,27,28)/b13-11+. The molecule has 0 aliphatic heterocycles. The zero-order valence-corrected chi connectivity index (χ0v) is 18.1. The number of hydrogen-bond donors (Lipinski definition) is 2. The number of nitrogens with one attached hydrogen (secondary N) is 2. The van der Waals surface area contributed by atoms with Crippen LogP contribution < -0.4 is 10.6 Å². The van der Waals surface area contributed by atoms with Crippen LogP contribution in [-0.2, 0) is 25.5 Å². The summed E-state index contributed by atoms with van der Waals surface area (Å²) in [5.41, 5.74) is 1.84. The lowest BCUT2D eigenvalue weighted by molar-refractivity contribution is -0.141. The third-order valence-electron chi connectivity index (χ3n) is 4.41. The molecule has 3 aromatic rings. The minimum absolute atomic E-state index is 0.105. The van der Waals surface area contributed by atoms with Gasteiger partial charge in [0.2, 0.25) is 11.8 Å². The smallest absolute Gasteiger partial charge is 0.325 e. The van der Waals surface area contributed by atoms with Gasteiger partial charge < -0.3 is 15.4 Å². The number of rotatable bonds is 8. The van der Waals surface area contributed by atoms with Gasteiger partial charge in [-0.05, 0) is 42.0 Å². The minimum Gasteiger partial charge on any atom is -0.468 e. The van der Waals surface area contributed by atoms with Crippen molar-refractivity contribution in [2.45, 2.75) is 6.42 Å². The fourth-order valence-corrected chi connectivity index (χ4v) is 3.72. The molecule has 8 heteroatoms. The number of esters is 1. The van der Waals surface area contributed by atoms with Crippen molar-refractivity contribution in [1.29, 1.82) is 0 Å². The van der Waals surface area contributed by atoms with Crippen LogP contribution in [-0.4, -0.2) is 31.4 Å². The number of benzene rings is 2. The van der Waals surface area contributed by atoms with E-state index in [9.17, 15) is 18.8 Å². The zero-order valence-electron chi connectivity index (χ0n) is 17.3. The molecule has 1 aromatic heterocycles. The molecule has 2 N–H and O–H groups in total. The molecular formula is C24H21FN2O4S. The van der Waals surface area contributed by atoms with Crippen LogP contribution >= 0.6 is 11.3 Å². The van der Waals surface area contributed by atoms with Crippen LogP contribution in [0.1, 0.15) is 10.4 Å². The lowest BCUT2D eigenvalue weighted by atomic mass is 10.1. The summed E-state index contributed by atoms with van der Waals surface area (Å²) in [5.74, 6) is -1.42. The van der Waals surface area contributed by atoms with Crippen LogP contribution in [0.25, 0.3) is 16.5 Å². The Balaban J connectivity index is 1.52. The number of thiophene rings is 1. The second-order valence-electron chi connectivity index (χ2n) is 6.73. The Bertz CT molecular complexity index is 1140. The van der Waals surface area contributed by atoms with Gasteiger partial charge in [-0.25, -0.2) is 4.39 Å². The number of amides is 2. The van der Waals surface area contributed by atoms with Gasteiger partial charge in [0.15, 0.2) is 0 Å².